The van der Waals surface area contributed by atoms with Gasteiger partial charge in [-0.25, -0.2) is 0 Å². The molecule has 4 rings (SSSR count). The maximum Gasteiger partial charge on any atom is 0.130 e. The second-order valence-corrected chi connectivity index (χ2v) is 12.3. The van der Waals surface area contributed by atoms with Crippen molar-refractivity contribution >= 4 is 5.57 Å². The lowest BCUT2D eigenvalue weighted by Gasteiger charge is -2.31. The summed E-state index contributed by atoms with van der Waals surface area (Å²) >= 11 is 0. The summed E-state index contributed by atoms with van der Waals surface area (Å²) in [5.41, 5.74) is 7.81. The van der Waals surface area contributed by atoms with E-state index in [0.717, 1.165) is 77.5 Å². The Morgan fingerprint density at radius 1 is 0.825 bits per heavy atom. The van der Waals surface area contributed by atoms with Gasteiger partial charge in [0.2, 0.25) is 0 Å². The molecule has 1 aliphatic rings. The van der Waals surface area contributed by atoms with Crippen LogP contribution in [0.5, 0.6) is 11.5 Å². The summed E-state index contributed by atoms with van der Waals surface area (Å²) in [4.78, 5) is 0. The fraction of sp³-hybridized carbons (Fsp3) is 0.432. The van der Waals surface area contributed by atoms with Gasteiger partial charge >= 0.3 is 0 Å². The van der Waals surface area contributed by atoms with E-state index in [1.807, 2.05) is 36.4 Å². The minimum Gasteiger partial charge on any atom is -0.507 e. The van der Waals surface area contributed by atoms with E-state index in [9.17, 15) is 15.5 Å². The normalized spacial score (nSPS) is 15.6. The summed E-state index contributed by atoms with van der Waals surface area (Å²) in [5.74, 6) is 1.94. The Kier molecular flexibility index (Phi) is 10.1. The maximum atomic E-state index is 12.1. The highest BCUT2D eigenvalue weighted by molar-refractivity contribution is 5.82. The average molecular weight is 536 g/mol. The summed E-state index contributed by atoms with van der Waals surface area (Å²) in [5, 5.41) is 33.9. The van der Waals surface area contributed by atoms with Crippen LogP contribution in [0.2, 0.25) is 0 Å². The first kappa shape index (κ1) is 29.5. The number of phenols is 2. The third-order valence-electron chi connectivity index (χ3n) is 8.68. The smallest absolute Gasteiger partial charge is 0.130 e. The maximum absolute atomic E-state index is 12.1. The van der Waals surface area contributed by atoms with Crippen LogP contribution in [-0.2, 0) is 19.3 Å². The molecule has 40 heavy (non-hydrogen) atoms. The van der Waals surface area contributed by atoms with Gasteiger partial charge < -0.3 is 10.2 Å². The topological polar surface area (TPSA) is 64.2 Å². The van der Waals surface area contributed by atoms with Gasteiger partial charge in [-0.15, -0.1) is 0 Å². The molecule has 3 nitrogen and oxygen atoms in total. The van der Waals surface area contributed by atoms with Crippen molar-refractivity contribution in [2.45, 2.75) is 85.5 Å². The van der Waals surface area contributed by atoms with Crippen LogP contribution in [0.3, 0.4) is 0 Å². The Hall–Kier alpha value is -3.51. The summed E-state index contributed by atoms with van der Waals surface area (Å²) in [7, 11) is 0. The lowest BCUT2D eigenvalue weighted by atomic mass is 9.74. The van der Waals surface area contributed by atoms with Crippen LogP contribution in [0.15, 0.2) is 66.2 Å². The van der Waals surface area contributed by atoms with E-state index >= 15 is 0 Å². The predicted molar refractivity (Wildman–Crippen MR) is 165 cm³/mol. The molecule has 210 valence electrons. The highest BCUT2D eigenvalue weighted by Gasteiger charge is 2.31. The van der Waals surface area contributed by atoms with Gasteiger partial charge in [0.1, 0.15) is 11.5 Å². The van der Waals surface area contributed by atoms with Crippen molar-refractivity contribution in [1.82, 2.24) is 0 Å². The van der Waals surface area contributed by atoms with Crippen LogP contribution in [-0.4, -0.2) is 10.2 Å². The minimum atomic E-state index is 0.201. The van der Waals surface area contributed by atoms with Crippen molar-refractivity contribution in [1.29, 1.82) is 5.26 Å². The molecule has 3 heteroatoms. The Bertz CT molecular complexity index is 1280. The molecule has 0 aromatic heterocycles. The van der Waals surface area contributed by atoms with Crippen LogP contribution in [0.1, 0.15) is 99.6 Å². The molecule has 0 bridgehead atoms. The highest BCUT2D eigenvalue weighted by Crippen LogP contribution is 2.50. The summed E-state index contributed by atoms with van der Waals surface area (Å²) in [6.07, 6.45) is 7.09. The van der Waals surface area contributed by atoms with Crippen LogP contribution < -0.4 is 0 Å². The molecular formula is C37H45NO2. The Morgan fingerprint density at radius 2 is 1.38 bits per heavy atom. The Labute approximate surface area is 241 Å². The van der Waals surface area contributed by atoms with Gasteiger partial charge in [0.05, 0.1) is 18.1 Å². The van der Waals surface area contributed by atoms with E-state index in [1.165, 1.54) is 0 Å². The molecule has 1 atom stereocenters. The number of nitrogens with zero attached hydrogens (tertiary/aromatic N) is 1. The molecule has 3 aromatic carbocycles. The monoisotopic (exact) mass is 535 g/mol. The summed E-state index contributed by atoms with van der Waals surface area (Å²) < 4.78 is 0. The third-order valence-corrected chi connectivity index (χ3v) is 8.68. The molecule has 0 fully saturated rings. The zero-order chi connectivity index (χ0) is 28.6. The van der Waals surface area contributed by atoms with E-state index in [0.29, 0.717) is 42.6 Å². The molecule has 0 saturated carbocycles. The van der Waals surface area contributed by atoms with Gasteiger partial charge in [0.25, 0.3) is 0 Å². The van der Waals surface area contributed by atoms with Crippen molar-refractivity contribution in [3.8, 4) is 17.6 Å². The number of phenolic OH excluding ortho intramolecular Hbond substituents is 2. The van der Waals surface area contributed by atoms with Crippen LogP contribution in [0.4, 0.5) is 0 Å². The Balaban J connectivity index is 1.97. The molecule has 0 heterocycles. The molecule has 0 amide bonds. The quantitative estimate of drug-likeness (QED) is 0.257. The van der Waals surface area contributed by atoms with Gasteiger partial charge in [-0.3, -0.25) is 0 Å². The summed E-state index contributed by atoms with van der Waals surface area (Å²) in [6, 6.07) is 23.0. The molecule has 0 aliphatic heterocycles. The van der Waals surface area contributed by atoms with Gasteiger partial charge in [-0.05, 0) is 72.1 Å². The zero-order valence-electron chi connectivity index (χ0n) is 24.7. The van der Waals surface area contributed by atoms with Crippen LogP contribution in [0.25, 0.3) is 5.57 Å². The molecule has 2 N–H and O–H groups in total. The highest BCUT2D eigenvalue weighted by atomic mass is 16.3. The van der Waals surface area contributed by atoms with Crippen LogP contribution >= 0.6 is 0 Å². The molecular weight excluding hydrogens is 490 g/mol. The van der Waals surface area contributed by atoms with Crippen molar-refractivity contribution in [3.63, 3.8) is 0 Å². The Morgan fingerprint density at radius 3 is 1.85 bits per heavy atom. The molecule has 0 radical (unpaired) electrons. The molecule has 0 saturated heterocycles. The number of hydrogen-bond acceptors (Lipinski definition) is 3. The number of aromatic hydroxyl groups is 2. The van der Waals surface area contributed by atoms with E-state index in [-0.39, 0.29) is 11.5 Å². The fourth-order valence-corrected chi connectivity index (χ4v) is 6.29. The second-order valence-electron chi connectivity index (χ2n) is 12.3. The van der Waals surface area contributed by atoms with E-state index in [1.54, 1.807) is 0 Å². The molecule has 1 unspecified atom stereocenters. The van der Waals surface area contributed by atoms with Crippen molar-refractivity contribution in [2.24, 2.45) is 17.8 Å². The largest absolute Gasteiger partial charge is 0.507 e. The first-order valence-electron chi connectivity index (χ1n) is 15.0. The second kappa shape index (κ2) is 13.7. The van der Waals surface area contributed by atoms with Gasteiger partial charge in [-0.2, -0.15) is 5.26 Å². The van der Waals surface area contributed by atoms with Gasteiger partial charge in [0.15, 0.2) is 0 Å². The molecule has 0 spiro atoms. The standard InChI is InChI=1S/C37H45NO2/c1-25(2)12-11-17-31-33(22-27-13-7-5-8-14-27)36(39)35(37(40)34(31)23-28-15-9-6-10-16-28)32-24-30(26(3)4)19-18-29(32)20-21-38/h5-10,13-16,25-26,30,39-40H,11-12,17-20,22-24H2,1-4H3. The van der Waals surface area contributed by atoms with E-state index in [2.05, 4.69) is 58.0 Å². The first-order chi connectivity index (χ1) is 19.3. The number of benzene rings is 3. The average Bonchev–Trinajstić information content (AvgIpc) is 2.94. The van der Waals surface area contributed by atoms with Crippen molar-refractivity contribution < 1.29 is 10.2 Å². The first-order valence-corrected chi connectivity index (χ1v) is 15.0. The predicted octanol–water partition coefficient (Wildman–Crippen LogP) is 9.38. The lowest BCUT2D eigenvalue weighted by molar-refractivity contribution is 0.353. The van der Waals surface area contributed by atoms with Crippen LogP contribution in [0, 0.1) is 29.1 Å². The third kappa shape index (κ3) is 6.97. The zero-order valence-corrected chi connectivity index (χ0v) is 24.7. The number of allylic oxidation sites excluding steroid dienone is 2. The number of nitriles is 1. The van der Waals surface area contributed by atoms with Crippen molar-refractivity contribution in [3.05, 3.63) is 99.6 Å². The molecule has 3 aromatic rings. The fourth-order valence-electron chi connectivity index (χ4n) is 6.29. The van der Waals surface area contributed by atoms with Gasteiger partial charge in [0, 0.05) is 24.0 Å². The van der Waals surface area contributed by atoms with Gasteiger partial charge in [-0.1, -0.05) is 100 Å². The number of hydrogen-bond donors (Lipinski definition) is 2. The minimum absolute atomic E-state index is 0.201. The van der Waals surface area contributed by atoms with E-state index in [4.69, 9.17) is 0 Å². The number of rotatable bonds is 11. The molecule has 1 aliphatic carbocycles. The van der Waals surface area contributed by atoms with E-state index < -0.39 is 0 Å². The SMILES string of the molecule is CC(C)CCCc1c(Cc2ccccc2)c(O)c(C2=C(CC#N)CCC(C(C)C)C2)c(O)c1Cc1ccccc1. The lowest BCUT2D eigenvalue weighted by Crippen LogP contribution is -2.16. The summed E-state index contributed by atoms with van der Waals surface area (Å²) in [6.45, 7) is 8.98. The van der Waals surface area contributed by atoms with Crippen molar-refractivity contribution in [2.75, 3.05) is 0 Å².